The van der Waals surface area contributed by atoms with Crippen molar-refractivity contribution in [2.45, 2.75) is 25.3 Å². The lowest BCUT2D eigenvalue weighted by molar-refractivity contribution is -0.120. The maximum absolute atomic E-state index is 12.4. The molecule has 118 valence electrons. The van der Waals surface area contributed by atoms with E-state index in [0.717, 1.165) is 38.0 Å². The molecule has 1 saturated heterocycles. The Balaban J connectivity index is 1.90. The molecule has 1 aliphatic heterocycles. The number of nitrogens with zero attached hydrogens (tertiary/aromatic N) is 2. The van der Waals surface area contributed by atoms with Gasteiger partial charge in [-0.2, -0.15) is 0 Å². The summed E-state index contributed by atoms with van der Waals surface area (Å²) in [5.41, 5.74) is 2.13. The summed E-state index contributed by atoms with van der Waals surface area (Å²) in [7, 11) is 4.14. The number of likely N-dealkylation sites (N-methyl/N-ethyl adjacent to an activating group) is 1. The van der Waals surface area contributed by atoms with Crippen LogP contribution in [-0.4, -0.2) is 55.5 Å². The SMILES string of the molecule is C#CCN1CCC[C@H]1C(=O)Nc1ccc(CCN(C)C)cc1. The average Bonchev–Trinajstić information content (AvgIpc) is 2.95. The van der Waals surface area contributed by atoms with Crippen LogP contribution in [0.25, 0.3) is 0 Å². The quantitative estimate of drug-likeness (QED) is 0.814. The van der Waals surface area contributed by atoms with Crippen molar-refractivity contribution in [1.82, 2.24) is 9.80 Å². The number of benzene rings is 1. The molecule has 0 aromatic heterocycles. The van der Waals surface area contributed by atoms with Crippen LogP contribution in [-0.2, 0) is 11.2 Å². The number of hydrogen-bond donors (Lipinski definition) is 1. The van der Waals surface area contributed by atoms with Crippen molar-refractivity contribution < 1.29 is 4.79 Å². The minimum atomic E-state index is -0.0931. The molecule has 1 amide bonds. The van der Waals surface area contributed by atoms with Crippen LogP contribution in [0, 0.1) is 12.3 Å². The van der Waals surface area contributed by atoms with Crippen LogP contribution in [0.3, 0.4) is 0 Å². The van der Waals surface area contributed by atoms with E-state index in [1.165, 1.54) is 5.56 Å². The molecule has 2 rings (SSSR count). The largest absolute Gasteiger partial charge is 0.325 e. The fourth-order valence-corrected chi connectivity index (χ4v) is 2.76. The summed E-state index contributed by atoms with van der Waals surface area (Å²) in [5.74, 6) is 2.68. The summed E-state index contributed by atoms with van der Waals surface area (Å²) in [5, 5.41) is 3.00. The number of amides is 1. The van der Waals surface area contributed by atoms with Gasteiger partial charge in [0.2, 0.25) is 5.91 Å². The zero-order chi connectivity index (χ0) is 15.9. The second kappa shape index (κ2) is 7.98. The summed E-state index contributed by atoms with van der Waals surface area (Å²) >= 11 is 0. The van der Waals surface area contributed by atoms with Crippen molar-refractivity contribution in [3.05, 3.63) is 29.8 Å². The zero-order valence-corrected chi connectivity index (χ0v) is 13.5. The lowest BCUT2D eigenvalue weighted by Gasteiger charge is -2.21. The first kappa shape index (κ1) is 16.5. The standard InChI is InChI=1S/C18H25N3O/c1-4-12-21-13-5-6-17(21)18(22)19-16-9-7-15(8-10-16)11-14-20(2)3/h1,7-10,17H,5-6,11-14H2,2-3H3,(H,19,22)/t17-/m0/s1. The van der Waals surface area contributed by atoms with Crippen LogP contribution in [0.5, 0.6) is 0 Å². The van der Waals surface area contributed by atoms with E-state index in [0.29, 0.717) is 6.54 Å². The Labute approximate surface area is 133 Å². The van der Waals surface area contributed by atoms with Gasteiger partial charge in [0.05, 0.1) is 12.6 Å². The van der Waals surface area contributed by atoms with Crippen molar-refractivity contribution >= 4 is 11.6 Å². The predicted molar refractivity (Wildman–Crippen MR) is 90.8 cm³/mol. The van der Waals surface area contributed by atoms with Gasteiger partial charge in [-0.1, -0.05) is 18.1 Å². The number of carbonyl (C=O) groups excluding carboxylic acids is 1. The highest BCUT2D eigenvalue weighted by Crippen LogP contribution is 2.19. The third kappa shape index (κ3) is 4.59. The number of rotatable bonds is 6. The Bertz CT molecular complexity index is 530. The fraction of sp³-hybridized carbons (Fsp3) is 0.500. The molecular weight excluding hydrogens is 274 g/mol. The molecule has 1 aromatic rings. The van der Waals surface area contributed by atoms with Crippen LogP contribution in [0.1, 0.15) is 18.4 Å². The van der Waals surface area contributed by atoms with Gasteiger partial charge in [0.25, 0.3) is 0 Å². The van der Waals surface area contributed by atoms with E-state index in [1.807, 2.05) is 12.1 Å². The monoisotopic (exact) mass is 299 g/mol. The first-order valence-corrected chi connectivity index (χ1v) is 7.82. The van der Waals surface area contributed by atoms with E-state index in [9.17, 15) is 4.79 Å². The van der Waals surface area contributed by atoms with Gasteiger partial charge < -0.3 is 10.2 Å². The van der Waals surface area contributed by atoms with Crippen LogP contribution in [0.15, 0.2) is 24.3 Å². The molecule has 0 bridgehead atoms. The van der Waals surface area contributed by atoms with E-state index in [2.05, 4.69) is 47.3 Å². The fourth-order valence-electron chi connectivity index (χ4n) is 2.76. The minimum Gasteiger partial charge on any atom is -0.325 e. The molecule has 22 heavy (non-hydrogen) atoms. The summed E-state index contributed by atoms with van der Waals surface area (Å²) < 4.78 is 0. The maximum atomic E-state index is 12.4. The normalized spacial score (nSPS) is 18.4. The molecule has 1 aromatic carbocycles. The Morgan fingerprint density at radius 1 is 1.41 bits per heavy atom. The Morgan fingerprint density at radius 2 is 2.14 bits per heavy atom. The van der Waals surface area contributed by atoms with Crippen molar-refractivity contribution in [2.75, 3.05) is 39.0 Å². The van der Waals surface area contributed by atoms with Gasteiger partial charge >= 0.3 is 0 Å². The predicted octanol–water partition coefficient (Wildman–Crippen LogP) is 1.83. The van der Waals surface area contributed by atoms with E-state index in [1.54, 1.807) is 0 Å². The summed E-state index contributed by atoms with van der Waals surface area (Å²) in [6, 6.07) is 8.01. The molecular formula is C18H25N3O. The molecule has 0 spiro atoms. The summed E-state index contributed by atoms with van der Waals surface area (Å²) in [6.07, 6.45) is 8.29. The number of terminal acetylenes is 1. The molecule has 1 heterocycles. The lowest BCUT2D eigenvalue weighted by Crippen LogP contribution is -2.39. The molecule has 4 nitrogen and oxygen atoms in total. The van der Waals surface area contributed by atoms with Gasteiger partial charge in [-0.3, -0.25) is 9.69 Å². The number of carbonyl (C=O) groups is 1. The minimum absolute atomic E-state index is 0.0498. The van der Waals surface area contributed by atoms with Gasteiger partial charge in [-0.25, -0.2) is 0 Å². The van der Waals surface area contributed by atoms with E-state index < -0.39 is 0 Å². The molecule has 1 N–H and O–H groups in total. The molecule has 0 radical (unpaired) electrons. The van der Waals surface area contributed by atoms with Crippen LogP contribution in [0.2, 0.25) is 0 Å². The van der Waals surface area contributed by atoms with E-state index >= 15 is 0 Å². The lowest BCUT2D eigenvalue weighted by atomic mass is 10.1. The number of likely N-dealkylation sites (tertiary alicyclic amines) is 1. The van der Waals surface area contributed by atoms with Crippen LogP contribution < -0.4 is 5.32 Å². The second-order valence-corrected chi connectivity index (χ2v) is 6.07. The number of nitrogens with one attached hydrogen (secondary N) is 1. The van der Waals surface area contributed by atoms with Crippen LogP contribution in [0.4, 0.5) is 5.69 Å². The smallest absolute Gasteiger partial charge is 0.241 e. The van der Waals surface area contributed by atoms with E-state index in [4.69, 9.17) is 6.42 Å². The third-order valence-corrected chi connectivity index (χ3v) is 4.03. The van der Waals surface area contributed by atoms with Crippen molar-refractivity contribution in [3.63, 3.8) is 0 Å². The number of anilines is 1. The Morgan fingerprint density at radius 3 is 2.77 bits per heavy atom. The second-order valence-electron chi connectivity index (χ2n) is 6.07. The van der Waals surface area contributed by atoms with E-state index in [-0.39, 0.29) is 11.9 Å². The highest BCUT2D eigenvalue weighted by atomic mass is 16.2. The first-order chi connectivity index (χ1) is 10.6. The van der Waals surface area contributed by atoms with Gasteiger partial charge in [0.1, 0.15) is 0 Å². The molecule has 0 saturated carbocycles. The van der Waals surface area contributed by atoms with Gasteiger partial charge in [0, 0.05) is 12.2 Å². The molecule has 4 heteroatoms. The summed E-state index contributed by atoms with van der Waals surface area (Å²) in [6.45, 7) is 2.47. The topological polar surface area (TPSA) is 35.6 Å². The van der Waals surface area contributed by atoms with Gasteiger partial charge in [-0.15, -0.1) is 6.42 Å². The maximum Gasteiger partial charge on any atom is 0.241 e. The van der Waals surface area contributed by atoms with Gasteiger partial charge in [0.15, 0.2) is 0 Å². The Hall–Kier alpha value is -1.83. The number of hydrogen-bond acceptors (Lipinski definition) is 3. The highest BCUT2D eigenvalue weighted by molar-refractivity contribution is 5.95. The molecule has 0 aliphatic carbocycles. The molecule has 0 unspecified atom stereocenters. The van der Waals surface area contributed by atoms with Gasteiger partial charge in [-0.05, 0) is 57.6 Å². The molecule has 1 aliphatic rings. The average molecular weight is 299 g/mol. The van der Waals surface area contributed by atoms with Crippen molar-refractivity contribution in [3.8, 4) is 12.3 Å². The first-order valence-electron chi connectivity index (χ1n) is 7.82. The molecule has 1 atom stereocenters. The Kier molecular flexibility index (Phi) is 6.00. The third-order valence-electron chi connectivity index (χ3n) is 4.03. The van der Waals surface area contributed by atoms with Crippen LogP contribution >= 0.6 is 0 Å². The van der Waals surface area contributed by atoms with Crippen molar-refractivity contribution in [1.29, 1.82) is 0 Å². The van der Waals surface area contributed by atoms with Crippen molar-refractivity contribution in [2.24, 2.45) is 0 Å². The molecule has 1 fully saturated rings. The highest BCUT2D eigenvalue weighted by Gasteiger charge is 2.29. The zero-order valence-electron chi connectivity index (χ0n) is 13.5. The summed E-state index contributed by atoms with van der Waals surface area (Å²) in [4.78, 5) is 16.6.